The first kappa shape index (κ1) is 12.4. The van der Waals surface area contributed by atoms with Gasteiger partial charge in [-0.2, -0.15) is 0 Å². The van der Waals surface area contributed by atoms with Crippen molar-refractivity contribution in [1.29, 1.82) is 0 Å². The van der Waals surface area contributed by atoms with Crippen molar-refractivity contribution < 1.29 is 0 Å². The summed E-state index contributed by atoms with van der Waals surface area (Å²) in [6.45, 7) is 14.2. The summed E-state index contributed by atoms with van der Waals surface area (Å²) in [5.41, 5.74) is 0.752. The molecule has 0 amide bonds. The van der Waals surface area contributed by atoms with Crippen molar-refractivity contribution in [3.05, 3.63) is 0 Å². The van der Waals surface area contributed by atoms with E-state index in [1.54, 1.807) is 0 Å². The third kappa shape index (κ3) is 3.16. The first-order chi connectivity index (χ1) is 6.23. The van der Waals surface area contributed by atoms with Gasteiger partial charge in [0.2, 0.25) is 0 Å². The Morgan fingerprint density at radius 3 is 2.21 bits per heavy atom. The van der Waals surface area contributed by atoms with Crippen molar-refractivity contribution in [2.75, 3.05) is 0 Å². The number of hydrogen-bond donors (Lipinski definition) is 1. The van der Waals surface area contributed by atoms with E-state index in [9.17, 15) is 0 Å². The van der Waals surface area contributed by atoms with Gasteiger partial charge in [-0.1, -0.05) is 39.6 Å². The molecular formula is C12H25NS. The van der Waals surface area contributed by atoms with E-state index in [1.807, 2.05) is 11.9 Å². The minimum Gasteiger partial charge on any atom is -0.258 e. The summed E-state index contributed by atoms with van der Waals surface area (Å²) in [5.74, 6) is 0.786. The molecule has 1 saturated heterocycles. The molecular weight excluding hydrogens is 190 g/mol. The summed E-state index contributed by atoms with van der Waals surface area (Å²) < 4.78 is 3.60. The van der Waals surface area contributed by atoms with Gasteiger partial charge in [-0.05, 0) is 38.0 Å². The van der Waals surface area contributed by atoms with E-state index in [0.29, 0.717) is 10.7 Å². The quantitative estimate of drug-likeness (QED) is 0.616. The summed E-state index contributed by atoms with van der Waals surface area (Å²) in [4.78, 5) is 0. The van der Waals surface area contributed by atoms with Crippen molar-refractivity contribution in [2.24, 2.45) is 11.3 Å². The van der Waals surface area contributed by atoms with E-state index in [4.69, 9.17) is 0 Å². The zero-order valence-corrected chi connectivity index (χ0v) is 11.3. The van der Waals surface area contributed by atoms with Gasteiger partial charge in [0.1, 0.15) is 0 Å². The smallest absolute Gasteiger partial charge is 0.0229 e. The van der Waals surface area contributed by atoms with Crippen LogP contribution >= 0.6 is 11.9 Å². The van der Waals surface area contributed by atoms with E-state index in [2.05, 4.69) is 46.3 Å². The highest BCUT2D eigenvalue weighted by atomic mass is 32.2. The van der Waals surface area contributed by atoms with Crippen LogP contribution in [0.3, 0.4) is 0 Å². The van der Waals surface area contributed by atoms with Crippen molar-refractivity contribution in [1.82, 2.24) is 4.72 Å². The van der Waals surface area contributed by atoms with Gasteiger partial charge >= 0.3 is 0 Å². The molecule has 0 aliphatic carbocycles. The highest BCUT2D eigenvalue weighted by molar-refractivity contribution is 7.98. The fourth-order valence-electron chi connectivity index (χ4n) is 2.33. The Bertz CT molecular complexity index is 198. The standard InChI is InChI=1S/C12H25NS/c1-9-7-12(5,6)13-14-10(2)8-11(9,3)4/h9-10,13H,7-8H2,1-6H3. The highest BCUT2D eigenvalue weighted by Gasteiger charge is 2.35. The maximum Gasteiger partial charge on any atom is 0.0229 e. The lowest BCUT2D eigenvalue weighted by molar-refractivity contribution is 0.164. The van der Waals surface area contributed by atoms with Gasteiger partial charge in [0.15, 0.2) is 0 Å². The van der Waals surface area contributed by atoms with Crippen LogP contribution in [0, 0.1) is 11.3 Å². The second-order valence-corrected chi connectivity index (χ2v) is 7.46. The van der Waals surface area contributed by atoms with Crippen LogP contribution in [0.25, 0.3) is 0 Å². The molecule has 2 unspecified atom stereocenters. The Morgan fingerprint density at radius 2 is 1.64 bits per heavy atom. The summed E-state index contributed by atoms with van der Waals surface area (Å²) in [6.07, 6.45) is 2.57. The van der Waals surface area contributed by atoms with E-state index in [-0.39, 0.29) is 5.54 Å². The molecule has 0 radical (unpaired) electrons. The Balaban J connectivity index is 2.76. The molecule has 14 heavy (non-hydrogen) atoms. The molecule has 0 saturated carbocycles. The lowest BCUT2D eigenvalue weighted by atomic mass is 9.72. The third-order valence-corrected chi connectivity index (χ3v) is 4.74. The zero-order valence-electron chi connectivity index (χ0n) is 10.5. The predicted molar refractivity (Wildman–Crippen MR) is 66.4 cm³/mol. The predicted octanol–water partition coefficient (Wildman–Crippen LogP) is 3.85. The fourth-order valence-corrected chi connectivity index (χ4v) is 3.44. The van der Waals surface area contributed by atoms with Gasteiger partial charge in [-0.25, -0.2) is 0 Å². The molecule has 2 heteroatoms. The third-order valence-electron chi connectivity index (χ3n) is 3.50. The second kappa shape index (κ2) is 4.05. The van der Waals surface area contributed by atoms with Gasteiger partial charge in [-0.3, -0.25) is 4.72 Å². The van der Waals surface area contributed by atoms with E-state index >= 15 is 0 Å². The van der Waals surface area contributed by atoms with E-state index in [0.717, 1.165) is 5.92 Å². The van der Waals surface area contributed by atoms with Gasteiger partial charge in [-0.15, -0.1) is 0 Å². The van der Waals surface area contributed by atoms with Crippen molar-refractivity contribution in [2.45, 2.75) is 65.2 Å². The second-order valence-electron chi connectivity index (χ2n) is 6.21. The average Bonchev–Trinajstić information content (AvgIpc) is 1.98. The lowest BCUT2D eigenvalue weighted by Gasteiger charge is -2.42. The molecule has 84 valence electrons. The fraction of sp³-hybridized carbons (Fsp3) is 1.00. The summed E-state index contributed by atoms with van der Waals surface area (Å²) in [7, 11) is 0. The van der Waals surface area contributed by atoms with Gasteiger partial charge in [0.25, 0.3) is 0 Å². The summed E-state index contributed by atoms with van der Waals surface area (Å²) in [5, 5.41) is 0.715. The van der Waals surface area contributed by atoms with Crippen LogP contribution in [0.5, 0.6) is 0 Å². The number of hydrogen-bond acceptors (Lipinski definition) is 2. The first-order valence-electron chi connectivity index (χ1n) is 5.66. The normalized spacial score (nSPS) is 37.3. The molecule has 1 heterocycles. The van der Waals surface area contributed by atoms with Crippen LogP contribution in [0.4, 0.5) is 0 Å². The Kier molecular flexibility index (Phi) is 3.58. The van der Waals surface area contributed by atoms with Gasteiger partial charge in [0.05, 0.1) is 0 Å². The largest absolute Gasteiger partial charge is 0.258 e. The number of rotatable bonds is 0. The number of nitrogens with one attached hydrogen (secondary N) is 1. The molecule has 0 aromatic carbocycles. The molecule has 1 aliphatic heterocycles. The van der Waals surface area contributed by atoms with Crippen LogP contribution in [0.2, 0.25) is 0 Å². The van der Waals surface area contributed by atoms with Crippen LogP contribution in [-0.4, -0.2) is 10.8 Å². The van der Waals surface area contributed by atoms with Crippen LogP contribution in [0.1, 0.15) is 54.4 Å². The Labute approximate surface area is 93.6 Å². The summed E-state index contributed by atoms with van der Waals surface area (Å²) >= 11 is 1.91. The van der Waals surface area contributed by atoms with Crippen LogP contribution in [0.15, 0.2) is 0 Å². The summed E-state index contributed by atoms with van der Waals surface area (Å²) in [6, 6.07) is 0. The topological polar surface area (TPSA) is 12.0 Å². The molecule has 0 aromatic heterocycles. The molecule has 1 aliphatic rings. The van der Waals surface area contributed by atoms with Crippen LogP contribution < -0.4 is 4.72 Å². The molecule has 1 N–H and O–H groups in total. The van der Waals surface area contributed by atoms with E-state index < -0.39 is 0 Å². The van der Waals surface area contributed by atoms with Crippen molar-refractivity contribution in [3.8, 4) is 0 Å². The monoisotopic (exact) mass is 215 g/mol. The first-order valence-corrected chi connectivity index (χ1v) is 6.54. The molecule has 1 rings (SSSR count). The minimum absolute atomic E-state index is 0.274. The van der Waals surface area contributed by atoms with Gasteiger partial charge < -0.3 is 0 Å². The SMILES string of the molecule is CC1CC(C)(C)C(C)CC(C)(C)NS1. The Hall–Kier alpha value is 0.310. The molecule has 2 atom stereocenters. The maximum absolute atomic E-state index is 3.60. The molecule has 0 aromatic rings. The molecule has 0 bridgehead atoms. The Morgan fingerprint density at radius 1 is 1.07 bits per heavy atom. The maximum atomic E-state index is 3.60. The van der Waals surface area contributed by atoms with Crippen LogP contribution in [-0.2, 0) is 0 Å². The zero-order chi connectivity index (χ0) is 11.0. The average molecular weight is 215 g/mol. The molecule has 0 spiro atoms. The lowest BCUT2D eigenvalue weighted by Crippen LogP contribution is -2.43. The van der Waals surface area contributed by atoms with Gasteiger partial charge in [0, 0.05) is 10.8 Å². The highest BCUT2D eigenvalue weighted by Crippen LogP contribution is 2.41. The van der Waals surface area contributed by atoms with Crippen molar-refractivity contribution >= 4 is 11.9 Å². The molecule has 1 nitrogen and oxygen atoms in total. The molecule has 1 fully saturated rings. The van der Waals surface area contributed by atoms with Crippen molar-refractivity contribution in [3.63, 3.8) is 0 Å². The van der Waals surface area contributed by atoms with E-state index in [1.165, 1.54) is 12.8 Å². The minimum atomic E-state index is 0.274.